The SMILES string of the molecule is CC1=CN(S(=O)(=O)c2ccc(C)cc2)CC1c1ccc(C(C)(C)C)cc1. The number of hydrogen-bond donors (Lipinski definition) is 0. The van der Waals surface area contributed by atoms with E-state index in [9.17, 15) is 8.42 Å². The second kappa shape index (κ2) is 6.58. The molecule has 1 aliphatic heterocycles. The fraction of sp³-hybridized carbons (Fsp3) is 0.364. The Morgan fingerprint density at radius 2 is 1.50 bits per heavy atom. The van der Waals surface area contributed by atoms with E-state index >= 15 is 0 Å². The predicted molar refractivity (Wildman–Crippen MR) is 107 cm³/mol. The predicted octanol–water partition coefficient (Wildman–Crippen LogP) is 4.98. The molecule has 0 N–H and O–H groups in total. The Kier molecular flexibility index (Phi) is 4.74. The van der Waals surface area contributed by atoms with Crippen LogP contribution >= 0.6 is 0 Å². The number of hydrogen-bond acceptors (Lipinski definition) is 2. The van der Waals surface area contributed by atoms with Gasteiger partial charge < -0.3 is 0 Å². The van der Waals surface area contributed by atoms with Crippen LogP contribution in [0.3, 0.4) is 0 Å². The quantitative estimate of drug-likeness (QED) is 0.765. The van der Waals surface area contributed by atoms with Crippen molar-refractivity contribution in [3.63, 3.8) is 0 Å². The third-order valence-corrected chi connectivity index (χ3v) is 6.81. The Morgan fingerprint density at radius 1 is 0.923 bits per heavy atom. The molecule has 0 fully saturated rings. The summed E-state index contributed by atoms with van der Waals surface area (Å²) >= 11 is 0. The normalized spacial score (nSPS) is 18.1. The van der Waals surface area contributed by atoms with E-state index in [0.29, 0.717) is 11.4 Å². The minimum absolute atomic E-state index is 0.101. The van der Waals surface area contributed by atoms with Crippen LogP contribution in [0.4, 0.5) is 0 Å². The highest BCUT2D eigenvalue weighted by Gasteiger charge is 2.31. The van der Waals surface area contributed by atoms with E-state index < -0.39 is 10.0 Å². The van der Waals surface area contributed by atoms with Crippen molar-refractivity contribution in [2.45, 2.75) is 50.8 Å². The second-order valence-corrected chi connectivity index (χ2v) is 10.1. The fourth-order valence-corrected chi connectivity index (χ4v) is 4.69. The lowest BCUT2D eigenvalue weighted by Crippen LogP contribution is -2.26. The first kappa shape index (κ1) is 18.7. The molecule has 0 aromatic heterocycles. The summed E-state index contributed by atoms with van der Waals surface area (Å²) in [5.41, 5.74) is 4.68. The first-order chi connectivity index (χ1) is 12.1. The molecule has 0 bridgehead atoms. The number of rotatable bonds is 3. The van der Waals surface area contributed by atoms with E-state index in [0.717, 1.165) is 16.7 Å². The van der Waals surface area contributed by atoms with Crippen molar-refractivity contribution in [1.29, 1.82) is 0 Å². The van der Waals surface area contributed by atoms with Crippen LogP contribution in [0.5, 0.6) is 0 Å². The smallest absolute Gasteiger partial charge is 0.263 e. The average Bonchev–Trinajstić information content (AvgIpc) is 2.97. The third-order valence-electron chi connectivity index (χ3n) is 5.07. The molecule has 2 aromatic carbocycles. The van der Waals surface area contributed by atoms with Crippen molar-refractivity contribution >= 4 is 10.0 Å². The summed E-state index contributed by atoms with van der Waals surface area (Å²) in [5.74, 6) is 0.101. The van der Waals surface area contributed by atoms with E-state index in [4.69, 9.17) is 0 Å². The van der Waals surface area contributed by atoms with Crippen LogP contribution in [-0.2, 0) is 15.4 Å². The van der Waals surface area contributed by atoms with E-state index in [-0.39, 0.29) is 11.3 Å². The molecule has 3 rings (SSSR count). The van der Waals surface area contributed by atoms with E-state index in [2.05, 4.69) is 45.0 Å². The van der Waals surface area contributed by atoms with Crippen LogP contribution < -0.4 is 0 Å². The van der Waals surface area contributed by atoms with E-state index in [1.165, 1.54) is 9.87 Å². The molecule has 0 radical (unpaired) electrons. The molecule has 0 saturated heterocycles. The molecule has 3 nitrogen and oxygen atoms in total. The van der Waals surface area contributed by atoms with Gasteiger partial charge in [0.25, 0.3) is 10.0 Å². The standard InChI is InChI=1S/C22H27NO2S/c1-16-6-12-20(13-7-16)26(24,25)23-14-17(2)21(15-23)18-8-10-19(11-9-18)22(3,4)5/h6-14,21H,15H2,1-5H3. The van der Waals surface area contributed by atoms with Crippen LogP contribution in [0.1, 0.15) is 50.3 Å². The van der Waals surface area contributed by atoms with Gasteiger partial charge in [0.1, 0.15) is 0 Å². The summed E-state index contributed by atoms with van der Waals surface area (Å²) in [4.78, 5) is 0.343. The Balaban J connectivity index is 1.84. The molecule has 26 heavy (non-hydrogen) atoms. The Hall–Kier alpha value is -2.07. The van der Waals surface area contributed by atoms with Gasteiger partial charge in [-0.2, -0.15) is 0 Å². The van der Waals surface area contributed by atoms with Crippen molar-refractivity contribution in [3.05, 3.63) is 77.0 Å². The molecule has 0 aliphatic carbocycles. The zero-order chi connectivity index (χ0) is 19.1. The number of nitrogens with zero attached hydrogens (tertiary/aromatic N) is 1. The third kappa shape index (κ3) is 3.56. The highest BCUT2D eigenvalue weighted by Crippen LogP contribution is 2.35. The highest BCUT2D eigenvalue weighted by atomic mass is 32.2. The summed E-state index contributed by atoms with van der Waals surface area (Å²) in [5, 5.41) is 0. The van der Waals surface area contributed by atoms with Crippen LogP contribution in [-0.4, -0.2) is 19.3 Å². The molecule has 1 aliphatic rings. The van der Waals surface area contributed by atoms with Gasteiger partial charge in [-0.1, -0.05) is 62.7 Å². The molecule has 2 aromatic rings. The van der Waals surface area contributed by atoms with Crippen molar-refractivity contribution in [1.82, 2.24) is 4.31 Å². The Labute approximate surface area is 157 Å². The van der Waals surface area contributed by atoms with Crippen LogP contribution in [0, 0.1) is 6.92 Å². The minimum Gasteiger partial charge on any atom is -0.272 e. The molecule has 138 valence electrons. The summed E-state index contributed by atoms with van der Waals surface area (Å²) in [7, 11) is -3.50. The molecule has 1 atom stereocenters. The Bertz CT molecular complexity index is 918. The second-order valence-electron chi connectivity index (χ2n) is 8.19. The molecule has 0 spiro atoms. The lowest BCUT2D eigenvalue weighted by atomic mass is 9.85. The Morgan fingerprint density at radius 3 is 2.04 bits per heavy atom. The minimum atomic E-state index is -3.50. The maximum atomic E-state index is 12.9. The first-order valence-corrected chi connectivity index (χ1v) is 10.4. The monoisotopic (exact) mass is 369 g/mol. The van der Waals surface area contributed by atoms with Gasteiger partial charge in [-0.25, -0.2) is 8.42 Å². The van der Waals surface area contributed by atoms with E-state index in [1.807, 2.05) is 26.0 Å². The van der Waals surface area contributed by atoms with Crippen molar-refractivity contribution < 1.29 is 8.42 Å². The van der Waals surface area contributed by atoms with Gasteiger partial charge in [0.2, 0.25) is 0 Å². The molecule has 4 heteroatoms. The van der Waals surface area contributed by atoms with Crippen LogP contribution in [0.15, 0.2) is 65.2 Å². The lowest BCUT2D eigenvalue weighted by Gasteiger charge is -2.21. The van der Waals surface area contributed by atoms with Gasteiger partial charge in [-0.05, 0) is 48.1 Å². The van der Waals surface area contributed by atoms with Gasteiger partial charge in [-0.15, -0.1) is 0 Å². The lowest BCUT2D eigenvalue weighted by molar-refractivity contribution is 0.506. The van der Waals surface area contributed by atoms with Gasteiger partial charge >= 0.3 is 0 Å². The maximum Gasteiger partial charge on any atom is 0.263 e. The maximum absolute atomic E-state index is 12.9. The van der Waals surface area contributed by atoms with Crippen molar-refractivity contribution in [2.75, 3.05) is 6.54 Å². The van der Waals surface area contributed by atoms with Crippen molar-refractivity contribution in [3.8, 4) is 0 Å². The van der Waals surface area contributed by atoms with Gasteiger partial charge in [0.05, 0.1) is 4.90 Å². The van der Waals surface area contributed by atoms with Crippen molar-refractivity contribution in [2.24, 2.45) is 0 Å². The average molecular weight is 370 g/mol. The van der Waals surface area contributed by atoms with Gasteiger partial charge in [0.15, 0.2) is 0 Å². The molecule has 0 saturated carbocycles. The number of sulfonamides is 1. The summed E-state index contributed by atoms with van der Waals surface area (Å²) < 4.78 is 27.4. The first-order valence-electron chi connectivity index (χ1n) is 8.96. The largest absolute Gasteiger partial charge is 0.272 e. The fourth-order valence-electron chi connectivity index (χ4n) is 3.29. The van der Waals surface area contributed by atoms with E-state index in [1.54, 1.807) is 18.3 Å². The van der Waals surface area contributed by atoms with Gasteiger partial charge in [0, 0.05) is 18.7 Å². The summed E-state index contributed by atoms with van der Waals surface area (Å²) in [6, 6.07) is 15.6. The topological polar surface area (TPSA) is 37.4 Å². The van der Waals surface area contributed by atoms with Crippen LogP contribution in [0.2, 0.25) is 0 Å². The molecular weight excluding hydrogens is 342 g/mol. The van der Waals surface area contributed by atoms with Gasteiger partial charge in [-0.3, -0.25) is 4.31 Å². The van der Waals surface area contributed by atoms with Crippen LogP contribution in [0.25, 0.3) is 0 Å². The number of benzene rings is 2. The highest BCUT2D eigenvalue weighted by molar-refractivity contribution is 7.89. The molecule has 0 amide bonds. The number of aryl methyl sites for hydroxylation is 1. The molecular formula is C22H27NO2S. The molecule has 1 unspecified atom stereocenters. The summed E-state index contributed by atoms with van der Waals surface area (Å²) in [6.45, 7) is 11.0. The zero-order valence-corrected chi connectivity index (χ0v) is 17.0. The summed E-state index contributed by atoms with van der Waals surface area (Å²) in [6.07, 6.45) is 1.78. The zero-order valence-electron chi connectivity index (χ0n) is 16.2. The molecule has 1 heterocycles.